The number of carbonyl (C=O) groups excluding carboxylic acids is 2. The highest BCUT2D eigenvalue weighted by atomic mass is 16.5. The Hall–Kier alpha value is -3.02. The number of nitrogens with one attached hydrogen (secondary N) is 1. The van der Waals surface area contributed by atoms with E-state index in [9.17, 15) is 9.59 Å². The fraction of sp³-hybridized carbons (Fsp3) is 0.391. The van der Waals surface area contributed by atoms with E-state index in [-0.39, 0.29) is 11.4 Å². The van der Waals surface area contributed by atoms with E-state index in [1.54, 1.807) is 29.2 Å². The Kier molecular flexibility index (Phi) is 6.11. The quantitative estimate of drug-likeness (QED) is 0.794. The lowest BCUT2D eigenvalue weighted by Crippen LogP contribution is -2.50. The smallest absolute Gasteiger partial charge is 0.337 e. The molecule has 1 aliphatic heterocycles. The Morgan fingerprint density at radius 1 is 0.966 bits per heavy atom. The van der Waals surface area contributed by atoms with Crippen molar-refractivity contribution in [2.75, 3.05) is 43.5 Å². The number of piperazine rings is 1. The van der Waals surface area contributed by atoms with Crippen molar-refractivity contribution in [1.29, 1.82) is 0 Å². The van der Waals surface area contributed by atoms with Crippen LogP contribution in [0.3, 0.4) is 0 Å². The minimum Gasteiger partial charge on any atom is -0.465 e. The van der Waals surface area contributed by atoms with Crippen molar-refractivity contribution in [2.45, 2.75) is 26.2 Å². The maximum Gasteiger partial charge on any atom is 0.337 e. The third kappa shape index (κ3) is 4.88. The molecule has 0 radical (unpaired) electrons. The lowest BCUT2D eigenvalue weighted by molar-refractivity contribution is 0.0600. The Labute approximate surface area is 172 Å². The summed E-state index contributed by atoms with van der Waals surface area (Å²) >= 11 is 0. The number of para-hydroxylation sites is 1. The van der Waals surface area contributed by atoms with Crippen LogP contribution in [0.15, 0.2) is 48.5 Å². The van der Waals surface area contributed by atoms with Crippen molar-refractivity contribution in [3.05, 3.63) is 59.7 Å². The normalized spacial score (nSPS) is 14.5. The van der Waals surface area contributed by atoms with Gasteiger partial charge in [0.05, 0.1) is 12.7 Å². The number of methoxy groups -OCH3 is 1. The molecule has 0 aromatic heterocycles. The van der Waals surface area contributed by atoms with E-state index in [4.69, 9.17) is 4.74 Å². The highest BCUT2D eigenvalue weighted by Crippen LogP contribution is 2.32. The predicted octanol–water partition coefficient (Wildman–Crippen LogP) is 4.12. The molecule has 1 heterocycles. The number of benzene rings is 2. The Balaban J connectivity index is 1.63. The van der Waals surface area contributed by atoms with Gasteiger partial charge in [-0.3, -0.25) is 0 Å². The number of rotatable bonds is 3. The topological polar surface area (TPSA) is 61.9 Å². The van der Waals surface area contributed by atoms with E-state index in [1.807, 2.05) is 0 Å². The van der Waals surface area contributed by atoms with Gasteiger partial charge in [-0.1, -0.05) is 45.0 Å². The molecule has 0 atom stereocenters. The van der Waals surface area contributed by atoms with Gasteiger partial charge in [0.1, 0.15) is 0 Å². The molecule has 0 aliphatic carbocycles. The summed E-state index contributed by atoms with van der Waals surface area (Å²) in [6, 6.07) is 15.1. The highest BCUT2D eigenvalue weighted by Gasteiger charge is 2.25. The molecule has 2 aromatic carbocycles. The van der Waals surface area contributed by atoms with Crippen LogP contribution in [-0.2, 0) is 10.2 Å². The average molecular weight is 396 g/mol. The van der Waals surface area contributed by atoms with Crippen LogP contribution in [0.25, 0.3) is 0 Å². The first-order valence-electron chi connectivity index (χ1n) is 9.88. The minimum absolute atomic E-state index is 0.0652. The van der Waals surface area contributed by atoms with Gasteiger partial charge < -0.3 is 19.9 Å². The molecular formula is C23H29N3O3. The monoisotopic (exact) mass is 395 g/mol. The third-order valence-electron chi connectivity index (χ3n) is 5.15. The van der Waals surface area contributed by atoms with Crippen LogP contribution in [0.5, 0.6) is 0 Å². The van der Waals surface area contributed by atoms with Crippen LogP contribution in [0.1, 0.15) is 36.7 Å². The van der Waals surface area contributed by atoms with Gasteiger partial charge in [0.2, 0.25) is 0 Å². The van der Waals surface area contributed by atoms with E-state index < -0.39 is 5.97 Å². The van der Waals surface area contributed by atoms with E-state index >= 15 is 0 Å². The summed E-state index contributed by atoms with van der Waals surface area (Å²) in [7, 11) is 1.34. The molecule has 2 amide bonds. The van der Waals surface area contributed by atoms with Crippen LogP contribution in [0, 0.1) is 0 Å². The van der Waals surface area contributed by atoms with E-state index in [0.717, 1.165) is 13.1 Å². The number of anilines is 2. The molecule has 1 aliphatic rings. The first-order chi connectivity index (χ1) is 13.8. The number of esters is 1. The second kappa shape index (κ2) is 8.55. The second-order valence-electron chi connectivity index (χ2n) is 8.24. The van der Waals surface area contributed by atoms with Gasteiger partial charge in [0, 0.05) is 37.6 Å². The van der Waals surface area contributed by atoms with Crippen molar-refractivity contribution in [3.8, 4) is 0 Å². The van der Waals surface area contributed by atoms with Crippen molar-refractivity contribution in [2.24, 2.45) is 0 Å². The molecule has 2 aromatic rings. The Bertz CT molecular complexity index is 881. The SMILES string of the molecule is COC(=O)c1cccc(NC(=O)N2CCN(c3ccccc3C(C)(C)C)CC2)c1. The first-order valence-corrected chi connectivity index (χ1v) is 9.88. The zero-order chi connectivity index (χ0) is 21.0. The van der Waals surface area contributed by atoms with Crippen LogP contribution >= 0.6 is 0 Å². The summed E-state index contributed by atoms with van der Waals surface area (Å²) < 4.78 is 4.73. The summed E-state index contributed by atoms with van der Waals surface area (Å²) in [5, 5.41) is 2.88. The highest BCUT2D eigenvalue weighted by molar-refractivity contribution is 5.94. The van der Waals surface area contributed by atoms with Crippen molar-refractivity contribution < 1.29 is 14.3 Å². The Morgan fingerprint density at radius 3 is 2.31 bits per heavy atom. The molecule has 1 N–H and O–H groups in total. The van der Waals surface area contributed by atoms with E-state index in [1.165, 1.54) is 18.4 Å². The summed E-state index contributed by atoms with van der Waals surface area (Å²) in [4.78, 5) is 28.5. The van der Waals surface area contributed by atoms with Crippen LogP contribution < -0.4 is 10.2 Å². The molecule has 0 saturated carbocycles. The molecule has 0 spiro atoms. The number of ether oxygens (including phenoxy) is 1. The average Bonchev–Trinajstić information content (AvgIpc) is 2.73. The predicted molar refractivity (Wildman–Crippen MR) is 116 cm³/mol. The van der Waals surface area contributed by atoms with Crippen molar-refractivity contribution in [1.82, 2.24) is 4.90 Å². The Morgan fingerprint density at radius 2 is 1.66 bits per heavy atom. The molecule has 1 saturated heterocycles. The second-order valence-corrected chi connectivity index (χ2v) is 8.24. The van der Waals surface area contributed by atoms with E-state index in [0.29, 0.717) is 24.3 Å². The number of hydrogen-bond acceptors (Lipinski definition) is 4. The summed E-state index contributed by atoms with van der Waals surface area (Å²) in [5.41, 5.74) is 3.62. The van der Waals surface area contributed by atoms with E-state index in [2.05, 4.69) is 55.3 Å². The zero-order valence-electron chi connectivity index (χ0n) is 17.6. The largest absolute Gasteiger partial charge is 0.465 e. The number of amides is 2. The van der Waals surface area contributed by atoms with Gasteiger partial charge in [-0.25, -0.2) is 9.59 Å². The molecule has 154 valence electrons. The zero-order valence-corrected chi connectivity index (χ0v) is 17.6. The van der Waals surface area contributed by atoms with Gasteiger partial charge in [0.15, 0.2) is 0 Å². The fourth-order valence-corrected chi connectivity index (χ4v) is 3.58. The molecule has 3 rings (SSSR count). The summed E-state index contributed by atoms with van der Waals surface area (Å²) in [6.45, 7) is 9.50. The lowest BCUT2D eigenvalue weighted by atomic mass is 9.85. The number of nitrogens with zero attached hydrogens (tertiary/aromatic N) is 2. The van der Waals surface area contributed by atoms with Gasteiger partial charge in [0.25, 0.3) is 0 Å². The lowest BCUT2D eigenvalue weighted by Gasteiger charge is -2.38. The molecule has 6 heteroatoms. The van der Waals surface area contributed by atoms with Gasteiger partial charge in [-0.15, -0.1) is 0 Å². The third-order valence-corrected chi connectivity index (χ3v) is 5.15. The number of urea groups is 1. The maximum atomic E-state index is 12.7. The van der Waals surface area contributed by atoms with Gasteiger partial charge >= 0.3 is 12.0 Å². The number of hydrogen-bond donors (Lipinski definition) is 1. The van der Waals surface area contributed by atoms with Crippen LogP contribution in [-0.4, -0.2) is 50.2 Å². The maximum absolute atomic E-state index is 12.7. The molecule has 0 unspecified atom stereocenters. The molecule has 29 heavy (non-hydrogen) atoms. The number of carbonyl (C=O) groups is 2. The molecule has 6 nitrogen and oxygen atoms in total. The van der Waals surface area contributed by atoms with Gasteiger partial charge in [-0.05, 0) is 35.2 Å². The molecular weight excluding hydrogens is 366 g/mol. The first kappa shape index (κ1) is 20.7. The standard InChI is InChI=1S/C23H29N3O3/c1-23(2,3)19-10-5-6-11-20(19)25-12-14-26(15-13-25)22(28)24-18-9-7-8-17(16-18)21(27)29-4/h5-11,16H,12-15H2,1-4H3,(H,24,28). The van der Waals surface area contributed by atoms with Gasteiger partial charge in [-0.2, -0.15) is 0 Å². The van der Waals surface area contributed by atoms with Crippen LogP contribution in [0.2, 0.25) is 0 Å². The summed E-state index contributed by atoms with van der Waals surface area (Å²) in [5.74, 6) is -0.424. The molecule has 1 fully saturated rings. The minimum atomic E-state index is -0.424. The van der Waals surface area contributed by atoms with Crippen LogP contribution in [0.4, 0.5) is 16.2 Å². The van der Waals surface area contributed by atoms with Crippen molar-refractivity contribution in [3.63, 3.8) is 0 Å². The van der Waals surface area contributed by atoms with Crippen molar-refractivity contribution >= 4 is 23.4 Å². The summed E-state index contributed by atoms with van der Waals surface area (Å²) in [6.07, 6.45) is 0. The fourth-order valence-electron chi connectivity index (χ4n) is 3.58. The molecule has 0 bridgehead atoms.